The van der Waals surface area contributed by atoms with Crippen molar-refractivity contribution in [2.45, 2.75) is 45.3 Å². The first-order chi connectivity index (χ1) is 10.7. The van der Waals surface area contributed by atoms with Gasteiger partial charge in [0.05, 0.1) is 16.4 Å². The summed E-state index contributed by atoms with van der Waals surface area (Å²) in [6.07, 6.45) is 4.27. The number of likely N-dealkylation sites (tertiary alicyclic amines) is 1. The van der Waals surface area contributed by atoms with Gasteiger partial charge in [0.1, 0.15) is 0 Å². The molecule has 5 heteroatoms. The topological polar surface area (TPSA) is 41.1 Å². The van der Waals surface area contributed by atoms with Crippen molar-refractivity contribution in [1.29, 1.82) is 0 Å². The van der Waals surface area contributed by atoms with Crippen LogP contribution in [0.2, 0.25) is 0 Å². The molecule has 22 heavy (non-hydrogen) atoms. The van der Waals surface area contributed by atoms with E-state index in [4.69, 9.17) is 0 Å². The van der Waals surface area contributed by atoms with Gasteiger partial charge in [-0.1, -0.05) is 6.07 Å². The summed E-state index contributed by atoms with van der Waals surface area (Å²) in [6, 6.07) is 7.08. The lowest BCUT2D eigenvalue weighted by Crippen LogP contribution is -2.43. The molecule has 0 aliphatic carbocycles. The number of nitrogens with one attached hydrogen (secondary N) is 1. The molecule has 0 spiro atoms. The Kier molecular flexibility index (Phi) is 5.18. The average molecular weight is 316 g/mol. The van der Waals surface area contributed by atoms with Gasteiger partial charge in [0.25, 0.3) is 0 Å². The first-order valence-electron chi connectivity index (χ1n) is 8.01. The zero-order valence-corrected chi connectivity index (χ0v) is 14.1. The standard InChI is InChI=1S/C17H24N4S/c1-13(17-12-22-14(2)20-17)19-15-6-9-21(10-7-15)11-16-5-3-4-8-18-16/h3-5,8,12-13,15,19H,6-7,9-11H2,1-2H3/t13-/m1/s1. The lowest BCUT2D eigenvalue weighted by atomic mass is 10.0. The largest absolute Gasteiger partial charge is 0.306 e. The predicted molar refractivity (Wildman–Crippen MR) is 90.9 cm³/mol. The molecule has 0 amide bonds. The second-order valence-electron chi connectivity index (χ2n) is 6.05. The Hall–Kier alpha value is -1.30. The Morgan fingerprint density at radius 2 is 2.18 bits per heavy atom. The summed E-state index contributed by atoms with van der Waals surface area (Å²) < 4.78 is 0. The van der Waals surface area contributed by atoms with Crippen molar-refractivity contribution in [2.24, 2.45) is 0 Å². The van der Waals surface area contributed by atoms with Crippen LogP contribution in [0.15, 0.2) is 29.8 Å². The second-order valence-corrected chi connectivity index (χ2v) is 7.11. The smallest absolute Gasteiger partial charge is 0.0898 e. The van der Waals surface area contributed by atoms with Crippen molar-refractivity contribution in [3.63, 3.8) is 0 Å². The van der Waals surface area contributed by atoms with Crippen molar-refractivity contribution in [1.82, 2.24) is 20.2 Å². The predicted octanol–water partition coefficient (Wildman–Crippen LogP) is 3.16. The van der Waals surface area contributed by atoms with Crippen LogP contribution in [0.25, 0.3) is 0 Å². The summed E-state index contributed by atoms with van der Waals surface area (Å²) in [5, 5.41) is 7.05. The van der Waals surface area contributed by atoms with E-state index in [1.54, 1.807) is 11.3 Å². The molecule has 2 aromatic heterocycles. The quantitative estimate of drug-likeness (QED) is 0.920. The minimum Gasteiger partial charge on any atom is -0.306 e. The minimum absolute atomic E-state index is 0.345. The Bertz CT molecular complexity index is 575. The Morgan fingerprint density at radius 3 is 2.82 bits per heavy atom. The molecule has 0 saturated carbocycles. The third-order valence-corrected chi connectivity index (χ3v) is 5.06. The van der Waals surface area contributed by atoms with Crippen LogP contribution in [0.3, 0.4) is 0 Å². The fourth-order valence-electron chi connectivity index (χ4n) is 3.00. The van der Waals surface area contributed by atoms with Crippen molar-refractivity contribution >= 4 is 11.3 Å². The molecule has 1 aliphatic heterocycles. The van der Waals surface area contributed by atoms with E-state index in [0.717, 1.165) is 24.6 Å². The number of aryl methyl sites for hydroxylation is 1. The molecule has 0 aromatic carbocycles. The Morgan fingerprint density at radius 1 is 1.36 bits per heavy atom. The zero-order valence-electron chi connectivity index (χ0n) is 13.3. The van der Waals surface area contributed by atoms with Gasteiger partial charge in [0, 0.05) is 43.3 Å². The normalized spacial score (nSPS) is 18.5. The van der Waals surface area contributed by atoms with E-state index < -0.39 is 0 Å². The van der Waals surface area contributed by atoms with Gasteiger partial charge in [-0.2, -0.15) is 0 Å². The number of nitrogens with zero attached hydrogens (tertiary/aromatic N) is 3. The summed E-state index contributed by atoms with van der Waals surface area (Å²) in [4.78, 5) is 11.5. The lowest BCUT2D eigenvalue weighted by molar-refractivity contribution is 0.183. The Labute approximate surface area is 136 Å². The van der Waals surface area contributed by atoms with Crippen LogP contribution in [0.4, 0.5) is 0 Å². The lowest BCUT2D eigenvalue weighted by Gasteiger charge is -2.33. The molecule has 3 rings (SSSR count). The molecule has 1 aliphatic rings. The fraction of sp³-hybridized carbons (Fsp3) is 0.529. The van der Waals surface area contributed by atoms with Gasteiger partial charge in [-0.05, 0) is 38.8 Å². The SMILES string of the molecule is Cc1nc([C@@H](C)NC2CCN(Cc3ccccn3)CC2)cs1. The van der Waals surface area contributed by atoms with Gasteiger partial charge in [0.2, 0.25) is 0 Å². The minimum atomic E-state index is 0.345. The second kappa shape index (κ2) is 7.31. The number of hydrogen-bond acceptors (Lipinski definition) is 5. The van der Waals surface area contributed by atoms with Crippen molar-refractivity contribution in [3.8, 4) is 0 Å². The van der Waals surface area contributed by atoms with Gasteiger partial charge in [0.15, 0.2) is 0 Å². The van der Waals surface area contributed by atoms with E-state index in [1.165, 1.54) is 24.2 Å². The van der Waals surface area contributed by atoms with Crippen LogP contribution in [0, 0.1) is 6.92 Å². The molecule has 0 radical (unpaired) electrons. The van der Waals surface area contributed by atoms with Gasteiger partial charge in [-0.3, -0.25) is 9.88 Å². The van der Waals surface area contributed by atoms with Crippen LogP contribution in [-0.2, 0) is 6.54 Å². The highest BCUT2D eigenvalue weighted by Crippen LogP contribution is 2.19. The maximum atomic E-state index is 4.58. The van der Waals surface area contributed by atoms with Gasteiger partial charge >= 0.3 is 0 Å². The molecule has 118 valence electrons. The molecule has 1 atom stereocenters. The first-order valence-corrected chi connectivity index (χ1v) is 8.89. The Balaban J connectivity index is 1.45. The number of aromatic nitrogens is 2. The number of rotatable bonds is 5. The first kappa shape index (κ1) is 15.6. The van der Waals surface area contributed by atoms with Gasteiger partial charge in [-0.25, -0.2) is 4.98 Å². The van der Waals surface area contributed by atoms with Crippen molar-refractivity contribution in [3.05, 3.63) is 46.2 Å². The van der Waals surface area contributed by atoms with E-state index in [9.17, 15) is 0 Å². The van der Waals surface area contributed by atoms with Crippen LogP contribution >= 0.6 is 11.3 Å². The summed E-state index contributed by atoms with van der Waals surface area (Å²) in [7, 11) is 0. The molecule has 1 fully saturated rings. The third kappa shape index (κ3) is 4.12. The summed E-state index contributed by atoms with van der Waals surface area (Å²) >= 11 is 1.73. The van der Waals surface area contributed by atoms with E-state index in [-0.39, 0.29) is 0 Å². The monoisotopic (exact) mass is 316 g/mol. The number of pyridine rings is 1. The van der Waals surface area contributed by atoms with E-state index in [2.05, 4.69) is 51.5 Å². The molecule has 1 N–H and O–H groups in total. The molecule has 0 unspecified atom stereocenters. The van der Waals surface area contributed by atoms with Crippen LogP contribution in [-0.4, -0.2) is 34.0 Å². The van der Waals surface area contributed by atoms with Crippen LogP contribution < -0.4 is 5.32 Å². The van der Waals surface area contributed by atoms with Crippen LogP contribution in [0.5, 0.6) is 0 Å². The van der Waals surface area contributed by atoms with Crippen molar-refractivity contribution in [2.75, 3.05) is 13.1 Å². The van der Waals surface area contributed by atoms with Crippen molar-refractivity contribution < 1.29 is 0 Å². The molecular formula is C17H24N4S. The highest BCUT2D eigenvalue weighted by molar-refractivity contribution is 7.09. The van der Waals surface area contributed by atoms with E-state index >= 15 is 0 Å². The third-order valence-electron chi connectivity index (χ3n) is 4.27. The van der Waals surface area contributed by atoms with E-state index in [1.807, 2.05) is 12.3 Å². The highest BCUT2D eigenvalue weighted by atomic mass is 32.1. The van der Waals surface area contributed by atoms with Gasteiger partial charge < -0.3 is 5.32 Å². The molecule has 0 bridgehead atoms. The van der Waals surface area contributed by atoms with Gasteiger partial charge in [-0.15, -0.1) is 11.3 Å². The average Bonchev–Trinajstić information content (AvgIpc) is 2.97. The van der Waals surface area contributed by atoms with Crippen LogP contribution in [0.1, 0.15) is 42.2 Å². The van der Waals surface area contributed by atoms with E-state index in [0.29, 0.717) is 12.1 Å². The highest BCUT2D eigenvalue weighted by Gasteiger charge is 2.21. The fourth-order valence-corrected chi connectivity index (χ4v) is 3.70. The molecule has 3 heterocycles. The number of thiazole rings is 1. The maximum absolute atomic E-state index is 4.58. The number of hydrogen-bond donors (Lipinski definition) is 1. The summed E-state index contributed by atoms with van der Waals surface area (Å²) in [5.74, 6) is 0. The molecule has 2 aromatic rings. The number of piperidine rings is 1. The zero-order chi connectivity index (χ0) is 15.4. The summed E-state index contributed by atoms with van der Waals surface area (Å²) in [6.45, 7) is 7.52. The summed E-state index contributed by atoms with van der Waals surface area (Å²) in [5.41, 5.74) is 2.35. The molecule has 4 nitrogen and oxygen atoms in total. The maximum Gasteiger partial charge on any atom is 0.0898 e. The molecule has 1 saturated heterocycles. The molecular weight excluding hydrogens is 292 g/mol.